The van der Waals surface area contributed by atoms with Crippen LogP contribution in [-0.4, -0.2) is 60.0 Å². The maximum Gasteiger partial charge on any atom is 0.224 e. The number of aliphatic hydroxyl groups excluding tert-OH is 1. The molecule has 3 heterocycles. The molecule has 1 aliphatic rings. The largest absolute Gasteiger partial charge is 0.394 e. The van der Waals surface area contributed by atoms with Crippen molar-refractivity contribution >= 4 is 11.8 Å². The number of fused-ring (bicyclic) bond motifs is 1. The molecule has 0 saturated heterocycles. The van der Waals surface area contributed by atoms with Crippen LogP contribution in [0.15, 0.2) is 24.5 Å². The van der Waals surface area contributed by atoms with Crippen LogP contribution in [0.25, 0.3) is 0 Å². The molecule has 0 aromatic carbocycles. The van der Waals surface area contributed by atoms with Crippen molar-refractivity contribution in [3.05, 3.63) is 41.3 Å². The smallest absolute Gasteiger partial charge is 0.224 e. The van der Waals surface area contributed by atoms with Crippen LogP contribution in [0.2, 0.25) is 0 Å². The lowest BCUT2D eigenvalue weighted by Crippen LogP contribution is -2.20. The zero-order valence-electron chi connectivity index (χ0n) is 15.0. The Morgan fingerprint density at radius 2 is 2.19 bits per heavy atom. The molecule has 0 radical (unpaired) electrons. The van der Waals surface area contributed by atoms with E-state index < -0.39 is 0 Å². The molecule has 0 bridgehead atoms. The molecule has 0 spiro atoms. The van der Waals surface area contributed by atoms with Gasteiger partial charge in [0.2, 0.25) is 5.95 Å². The van der Waals surface area contributed by atoms with E-state index in [4.69, 9.17) is 4.74 Å². The molecule has 2 aromatic rings. The molecule has 140 valence electrons. The second-order valence-corrected chi connectivity index (χ2v) is 6.16. The Morgan fingerprint density at radius 1 is 1.31 bits per heavy atom. The number of methoxy groups -OCH3 is 1. The van der Waals surface area contributed by atoms with E-state index in [1.54, 1.807) is 19.5 Å². The van der Waals surface area contributed by atoms with E-state index in [-0.39, 0.29) is 12.6 Å². The van der Waals surface area contributed by atoms with Gasteiger partial charge >= 0.3 is 0 Å². The number of aliphatic hydroxyl groups is 1. The molecular weight excluding hydrogens is 332 g/mol. The molecule has 1 atom stereocenters. The fraction of sp³-hybridized carbons (Fsp3) is 0.500. The third kappa shape index (κ3) is 4.66. The number of hydrogen-bond donors (Lipinski definition) is 4. The highest BCUT2D eigenvalue weighted by Gasteiger charge is 2.19. The van der Waals surface area contributed by atoms with Crippen LogP contribution >= 0.6 is 0 Å². The van der Waals surface area contributed by atoms with E-state index in [0.29, 0.717) is 19.1 Å². The van der Waals surface area contributed by atoms with E-state index in [0.717, 1.165) is 48.6 Å². The molecule has 0 fully saturated rings. The molecule has 0 aliphatic carbocycles. The van der Waals surface area contributed by atoms with Crippen molar-refractivity contribution < 1.29 is 9.84 Å². The third-order valence-electron chi connectivity index (χ3n) is 4.35. The van der Waals surface area contributed by atoms with Gasteiger partial charge in [0.25, 0.3) is 0 Å². The zero-order valence-corrected chi connectivity index (χ0v) is 15.0. The van der Waals surface area contributed by atoms with E-state index in [9.17, 15) is 5.11 Å². The van der Waals surface area contributed by atoms with Crippen molar-refractivity contribution in [1.82, 2.24) is 20.3 Å². The molecule has 3 rings (SSSR count). The lowest BCUT2D eigenvalue weighted by Gasteiger charge is -2.21. The summed E-state index contributed by atoms with van der Waals surface area (Å²) in [6, 6.07) is 3.53. The SMILES string of the molecule is COCCNc1nc2c(c(NC(CO)c3cccnc3)n1)CCNCC2. The summed E-state index contributed by atoms with van der Waals surface area (Å²) in [7, 11) is 1.66. The minimum absolute atomic E-state index is 0.0465. The summed E-state index contributed by atoms with van der Waals surface area (Å²) in [4.78, 5) is 13.5. The van der Waals surface area contributed by atoms with E-state index >= 15 is 0 Å². The molecule has 0 amide bonds. The summed E-state index contributed by atoms with van der Waals surface area (Å²) in [5.74, 6) is 1.34. The number of hydrogen-bond acceptors (Lipinski definition) is 8. The van der Waals surface area contributed by atoms with Gasteiger partial charge in [-0.2, -0.15) is 4.98 Å². The molecule has 26 heavy (non-hydrogen) atoms. The minimum atomic E-state index is -0.272. The quantitative estimate of drug-likeness (QED) is 0.513. The molecule has 8 heteroatoms. The van der Waals surface area contributed by atoms with E-state index in [1.807, 2.05) is 12.1 Å². The maximum atomic E-state index is 9.86. The number of nitrogens with zero attached hydrogens (tertiary/aromatic N) is 3. The molecule has 1 aliphatic heterocycles. The molecule has 0 saturated carbocycles. The van der Waals surface area contributed by atoms with Gasteiger partial charge in [-0.05, 0) is 24.6 Å². The first kappa shape index (κ1) is 18.5. The lowest BCUT2D eigenvalue weighted by molar-refractivity contribution is 0.210. The van der Waals surface area contributed by atoms with Gasteiger partial charge in [-0.3, -0.25) is 4.98 Å². The fourth-order valence-corrected chi connectivity index (χ4v) is 2.99. The summed E-state index contributed by atoms with van der Waals surface area (Å²) in [6.07, 6.45) is 5.18. The number of rotatable bonds is 8. The van der Waals surface area contributed by atoms with Crippen LogP contribution < -0.4 is 16.0 Å². The molecular formula is C18H26N6O2. The van der Waals surface area contributed by atoms with Gasteiger partial charge < -0.3 is 25.8 Å². The van der Waals surface area contributed by atoms with Gasteiger partial charge in [-0.25, -0.2) is 4.98 Å². The van der Waals surface area contributed by atoms with Crippen molar-refractivity contribution in [2.45, 2.75) is 18.9 Å². The van der Waals surface area contributed by atoms with Gasteiger partial charge in [-0.15, -0.1) is 0 Å². The van der Waals surface area contributed by atoms with Crippen molar-refractivity contribution in [2.24, 2.45) is 0 Å². The Labute approximate surface area is 153 Å². The first-order valence-corrected chi connectivity index (χ1v) is 8.92. The van der Waals surface area contributed by atoms with Gasteiger partial charge in [-0.1, -0.05) is 6.07 Å². The van der Waals surface area contributed by atoms with Gasteiger partial charge in [0.15, 0.2) is 0 Å². The van der Waals surface area contributed by atoms with Crippen LogP contribution in [-0.2, 0) is 17.6 Å². The Balaban J connectivity index is 1.88. The minimum Gasteiger partial charge on any atom is -0.394 e. The summed E-state index contributed by atoms with van der Waals surface area (Å²) >= 11 is 0. The number of anilines is 2. The monoisotopic (exact) mass is 358 g/mol. The number of ether oxygens (including phenoxy) is 1. The first-order chi connectivity index (χ1) is 12.8. The van der Waals surface area contributed by atoms with Crippen molar-refractivity contribution in [3.8, 4) is 0 Å². The highest BCUT2D eigenvalue weighted by molar-refractivity contribution is 5.53. The Bertz CT molecular complexity index is 698. The topological polar surface area (TPSA) is 104 Å². The average molecular weight is 358 g/mol. The summed E-state index contributed by atoms with van der Waals surface area (Å²) in [5, 5.41) is 19.9. The molecule has 4 N–H and O–H groups in total. The summed E-state index contributed by atoms with van der Waals surface area (Å²) in [5.41, 5.74) is 3.06. The van der Waals surface area contributed by atoms with Gasteiger partial charge in [0, 0.05) is 44.6 Å². The molecule has 2 aromatic heterocycles. The number of nitrogens with one attached hydrogen (secondary N) is 3. The maximum absolute atomic E-state index is 9.86. The van der Waals surface area contributed by atoms with Gasteiger partial charge in [0.05, 0.1) is 24.9 Å². The normalized spacial score (nSPS) is 15.0. The molecule has 1 unspecified atom stereocenters. The number of aromatic nitrogens is 3. The third-order valence-corrected chi connectivity index (χ3v) is 4.35. The van der Waals surface area contributed by atoms with Crippen LogP contribution in [0.4, 0.5) is 11.8 Å². The van der Waals surface area contributed by atoms with Crippen molar-refractivity contribution in [2.75, 3.05) is 50.6 Å². The van der Waals surface area contributed by atoms with Crippen LogP contribution in [0.5, 0.6) is 0 Å². The Hall–Kier alpha value is -2.29. The predicted octanol–water partition coefficient (Wildman–Crippen LogP) is 0.764. The Kier molecular flexibility index (Phi) is 6.70. The van der Waals surface area contributed by atoms with Crippen molar-refractivity contribution in [3.63, 3.8) is 0 Å². The summed E-state index contributed by atoms with van der Waals surface area (Å²) in [6.45, 7) is 2.96. The Morgan fingerprint density at radius 3 is 2.96 bits per heavy atom. The highest BCUT2D eigenvalue weighted by Crippen LogP contribution is 2.25. The summed E-state index contributed by atoms with van der Waals surface area (Å²) < 4.78 is 5.08. The first-order valence-electron chi connectivity index (χ1n) is 8.92. The highest BCUT2D eigenvalue weighted by atomic mass is 16.5. The van der Waals surface area contributed by atoms with Crippen molar-refractivity contribution in [1.29, 1.82) is 0 Å². The van der Waals surface area contributed by atoms with Gasteiger partial charge in [0.1, 0.15) is 5.82 Å². The average Bonchev–Trinajstić information content (AvgIpc) is 2.92. The lowest BCUT2D eigenvalue weighted by atomic mass is 10.1. The van der Waals surface area contributed by atoms with Crippen LogP contribution in [0, 0.1) is 0 Å². The van der Waals surface area contributed by atoms with Crippen LogP contribution in [0.1, 0.15) is 22.9 Å². The van der Waals surface area contributed by atoms with E-state index in [2.05, 4.69) is 30.9 Å². The fourth-order valence-electron chi connectivity index (χ4n) is 2.99. The predicted molar refractivity (Wildman–Crippen MR) is 100 cm³/mol. The number of pyridine rings is 1. The second-order valence-electron chi connectivity index (χ2n) is 6.16. The molecule has 8 nitrogen and oxygen atoms in total. The second kappa shape index (κ2) is 9.42. The zero-order chi connectivity index (χ0) is 18.2. The van der Waals surface area contributed by atoms with E-state index in [1.165, 1.54) is 0 Å². The standard InChI is InChI=1S/C18H26N6O2/c1-26-10-9-21-18-23-15-5-8-19-7-4-14(15)17(24-18)22-16(12-25)13-3-2-6-20-11-13/h2-3,6,11,16,19,25H,4-5,7-10,12H2,1H3,(H2,21,22,23,24). The van der Waals surface area contributed by atoms with Crippen LogP contribution in [0.3, 0.4) is 0 Å².